The molecule has 0 aromatic heterocycles. The van der Waals surface area contributed by atoms with Gasteiger partial charge in [-0.15, -0.1) is 0 Å². The van der Waals surface area contributed by atoms with Crippen molar-refractivity contribution in [2.45, 2.75) is 43.8 Å². The first kappa shape index (κ1) is 27.1. The molecule has 2 amide bonds. The van der Waals surface area contributed by atoms with E-state index in [0.29, 0.717) is 24.9 Å². The minimum atomic E-state index is -1.24. The monoisotopic (exact) mass is 484 g/mol. The van der Waals surface area contributed by atoms with Crippen LogP contribution < -0.4 is 27.8 Å². The van der Waals surface area contributed by atoms with E-state index in [1.54, 1.807) is 36.4 Å². The lowest BCUT2D eigenvalue weighted by atomic mass is 10.0. The van der Waals surface area contributed by atoms with Gasteiger partial charge < -0.3 is 38.0 Å². The smallest absolute Gasteiger partial charge is 0.326 e. The normalized spacial score (nSPS) is 13.2. The molecule has 0 aliphatic carbocycles. The zero-order chi connectivity index (χ0) is 25.8. The summed E-state index contributed by atoms with van der Waals surface area (Å²) in [5.74, 6) is -2.43. The minimum absolute atomic E-state index is 0.00232. The zero-order valence-corrected chi connectivity index (χ0v) is 19.3. The molecular weight excluding hydrogens is 452 g/mol. The van der Waals surface area contributed by atoms with Crippen LogP contribution in [0.4, 0.5) is 0 Å². The van der Waals surface area contributed by atoms with Crippen molar-refractivity contribution in [1.82, 2.24) is 10.6 Å². The molecule has 0 saturated carbocycles. The number of carboxylic acid groups (broad SMARTS) is 1. The van der Waals surface area contributed by atoms with Gasteiger partial charge in [-0.25, -0.2) is 4.79 Å². The molecule has 188 valence electrons. The molecule has 0 bridgehead atoms. The molecule has 35 heavy (non-hydrogen) atoms. The number of aliphatic imine (C=N–C) groups is 1. The predicted octanol–water partition coefficient (Wildman–Crippen LogP) is -0.387. The van der Waals surface area contributed by atoms with Crippen molar-refractivity contribution in [3.8, 4) is 5.75 Å². The molecule has 11 heteroatoms. The van der Waals surface area contributed by atoms with Crippen LogP contribution in [0, 0.1) is 0 Å². The number of carbonyl (C=O) groups is 3. The summed E-state index contributed by atoms with van der Waals surface area (Å²) in [4.78, 5) is 41.4. The number of aliphatic carboxylic acids is 1. The summed E-state index contributed by atoms with van der Waals surface area (Å²) in [5, 5.41) is 24.2. The molecule has 2 aromatic carbocycles. The Kier molecular flexibility index (Phi) is 10.5. The number of carbonyl (C=O) groups excluding carboxylic acids is 2. The Labute approximate surface area is 203 Å². The van der Waals surface area contributed by atoms with Crippen LogP contribution in [0.1, 0.15) is 24.0 Å². The fourth-order valence-electron chi connectivity index (χ4n) is 3.33. The van der Waals surface area contributed by atoms with Crippen molar-refractivity contribution in [2.24, 2.45) is 22.2 Å². The van der Waals surface area contributed by atoms with Crippen molar-refractivity contribution in [2.75, 3.05) is 6.54 Å². The third-order valence-electron chi connectivity index (χ3n) is 5.21. The van der Waals surface area contributed by atoms with Gasteiger partial charge in [-0.1, -0.05) is 42.5 Å². The Hall–Kier alpha value is -4.12. The molecule has 2 aromatic rings. The number of rotatable bonds is 13. The summed E-state index contributed by atoms with van der Waals surface area (Å²) < 4.78 is 0. The highest BCUT2D eigenvalue weighted by molar-refractivity contribution is 5.92. The van der Waals surface area contributed by atoms with E-state index in [4.69, 9.17) is 17.2 Å². The number of phenolic OH excluding ortho intramolecular Hbond substituents is 1. The highest BCUT2D eigenvalue weighted by Crippen LogP contribution is 2.12. The van der Waals surface area contributed by atoms with Crippen molar-refractivity contribution < 1.29 is 24.6 Å². The Balaban J connectivity index is 2.10. The Morgan fingerprint density at radius 3 is 2.03 bits per heavy atom. The number of carboxylic acids is 1. The van der Waals surface area contributed by atoms with Crippen LogP contribution in [-0.4, -0.2) is 58.6 Å². The van der Waals surface area contributed by atoms with E-state index in [-0.39, 0.29) is 24.6 Å². The van der Waals surface area contributed by atoms with Gasteiger partial charge in [-0.05, 0) is 36.1 Å². The van der Waals surface area contributed by atoms with E-state index < -0.39 is 35.9 Å². The SMILES string of the molecule is NC(N)=NCCC[C@H](N)C(=O)N[C@@H](Cc1ccccc1)C(=O)N[C@@H](Cc1ccc(O)cc1)C(=O)O. The van der Waals surface area contributed by atoms with Gasteiger partial charge in [0.1, 0.15) is 17.8 Å². The van der Waals surface area contributed by atoms with E-state index in [9.17, 15) is 24.6 Å². The zero-order valence-electron chi connectivity index (χ0n) is 19.3. The highest BCUT2D eigenvalue weighted by Gasteiger charge is 2.28. The summed E-state index contributed by atoms with van der Waals surface area (Å²) in [7, 11) is 0. The number of benzene rings is 2. The van der Waals surface area contributed by atoms with Crippen LogP contribution in [0.2, 0.25) is 0 Å². The van der Waals surface area contributed by atoms with Crippen LogP contribution in [0.15, 0.2) is 59.6 Å². The summed E-state index contributed by atoms with van der Waals surface area (Å²) in [6.45, 7) is 0.314. The maximum atomic E-state index is 13.1. The van der Waals surface area contributed by atoms with Gasteiger partial charge in [-0.2, -0.15) is 0 Å². The molecule has 0 aliphatic rings. The second kappa shape index (κ2) is 13.6. The number of hydrogen-bond donors (Lipinski definition) is 7. The van der Waals surface area contributed by atoms with Gasteiger partial charge in [0.25, 0.3) is 0 Å². The fourth-order valence-corrected chi connectivity index (χ4v) is 3.33. The molecule has 2 rings (SSSR count). The second-order valence-electron chi connectivity index (χ2n) is 8.08. The first-order valence-electron chi connectivity index (χ1n) is 11.1. The topological polar surface area (TPSA) is 206 Å². The molecule has 0 unspecified atom stereocenters. The Morgan fingerprint density at radius 2 is 1.43 bits per heavy atom. The number of nitrogens with one attached hydrogen (secondary N) is 2. The largest absolute Gasteiger partial charge is 0.508 e. The predicted molar refractivity (Wildman–Crippen MR) is 131 cm³/mol. The number of guanidine groups is 1. The van der Waals surface area contributed by atoms with E-state index in [1.165, 1.54) is 12.1 Å². The van der Waals surface area contributed by atoms with Crippen molar-refractivity contribution >= 4 is 23.7 Å². The first-order chi connectivity index (χ1) is 16.7. The molecule has 0 heterocycles. The third kappa shape index (κ3) is 9.72. The van der Waals surface area contributed by atoms with Gasteiger partial charge in [-0.3, -0.25) is 14.6 Å². The van der Waals surface area contributed by atoms with Crippen LogP contribution in [-0.2, 0) is 27.2 Å². The number of phenols is 1. The molecule has 0 radical (unpaired) electrons. The molecule has 11 nitrogen and oxygen atoms in total. The fraction of sp³-hybridized carbons (Fsp3) is 0.333. The third-order valence-corrected chi connectivity index (χ3v) is 5.21. The lowest BCUT2D eigenvalue weighted by Crippen LogP contribution is -2.55. The summed E-state index contributed by atoms with van der Waals surface area (Å²) in [6.07, 6.45) is 0.902. The molecule has 0 spiro atoms. The highest BCUT2D eigenvalue weighted by atomic mass is 16.4. The number of nitrogens with zero attached hydrogens (tertiary/aromatic N) is 1. The number of hydrogen-bond acceptors (Lipinski definition) is 6. The Morgan fingerprint density at radius 1 is 0.857 bits per heavy atom. The lowest BCUT2D eigenvalue weighted by Gasteiger charge is -2.23. The molecule has 10 N–H and O–H groups in total. The van der Waals surface area contributed by atoms with Crippen molar-refractivity contribution in [1.29, 1.82) is 0 Å². The van der Waals surface area contributed by atoms with Gasteiger partial charge in [0.05, 0.1) is 6.04 Å². The average Bonchev–Trinajstić information content (AvgIpc) is 2.82. The number of aromatic hydroxyl groups is 1. The molecule has 0 saturated heterocycles. The number of nitrogens with two attached hydrogens (primary N) is 3. The van der Waals surface area contributed by atoms with E-state index in [0.717, 1.165) is 5.56 Å². The first-order valence-corrected chi connectivity index (χ1v) is 11.1. The summed E-state index contributed by atoms with van der Waals surface area (Å²) in [6, 6.07) is 11.8. The van der Waals surface area contributed by atoms with Crippen molar-refractivity contribution in [3.63, 3.8) is 0 Å². The maximum Gasteiger partial charge on any atom is 0.326 e. The van der Waals surface area contributed by atoms with Crippen LogP contribution >= 0.6 is 0 Å². The van der Waals surface area contributed by atoms with Crippen LogP contribution in [0.3, 0.4) is 0 Å². The standard InChI is InChI=1S/C24H32N6O5/c25-18(7-4-12-28-24(26)27)21(32)29-19(13-15-5-2-1-3-6-15)22(33)30-20(23(34)35)14-16-8-10-17(31)11-9-16/h1-3,5-6,8-11,18-20,31H,4,7,12-14,25H2,(H,29,32)(H,30,33)(H,34,35)(H4,26,27,28)/t18-,19-,20-/m0/s1. The maximum absolute atomic E-state index is 13.1. The van der Waals surface area contributed by atoms with E-state index in [1.807, 2.05) is 6.07 Å². The number of amides is 2. The summed E-state index contributed by atoms with van der Waals surface area (Å²) >= 11 is 0. The quantitative estimate of drug-likeness (QED) is 0.113. The van der Waals surface area contributed by atoms with Gasteiger partial charge in [0.2, 0.25) is 11.8 Å². The van der Waals surface area contributed by atoms with Gasteiger partial charge in [0, 0.05) is 19.4 Å². The lowest BCUT2D eigenvalue weighted by molar-refractivity contribution is -0.142. The van der Waals surface area contributed by atoms with Crippen LogP contribution in [0.5, 0.6) is 5.75 Å². The average molecular weight is 485 g/mol. The van der Waals surface area contributed by atoms with Gasteiger partial charge >= 0.3 is 5.97 Å². The summed E-state index contributed by atoms with van der Waals surface area (Å²) in [5.41, 5.74) is 17.9. The molecular formula is C24H32N6O5. The van der Waals surface area contributed by atoms with E-state index in [2.05, 4.69) is 15.6 Å². The van der Waals surface area contributed by atoms with Gasteiger partial charge in [0.15, 0.2) is 5.96 Å². The van der Waals surface area contributed by atoms with Crippen molar-refractivity contribution in [3.05, 3.63) is 65.7 Å². The van der Waals surface area contributed by atoms with Crippen LogP contribution in [0.25, 0.3) is 0 Å². The second-order valence-corrected chi connectivity index (χ2v) is 8.08. The molecule has 3 atom stereocenters. The molecule has 0 fully saturated rings. The molecule has 0 aliphatic heterocycles. The minimum Gasteiger partial charge on any atom is -0.508 e. The Bertz CT molecular complexity index is 1010. The van der Waals surface area contributed by atoms with E-state index >= 15 is 0 Å².